The second-order valence-corrected chi connectivity index (χ2v) is 8.52. The van der Waals surface area contributed by atoms with E-state index >= 15 is 8.78 Å². The number of carbonyl (C=O) groups excluding carboxylic acids is 1. The van der Waals surface area contributed by atoms with E-state index in [-0.39, 0.29) is 41.0 Å². The number of fused-ring (bicyclic) bond motifs is 1. The normalized spacial score (nSPS) is 12.5. The van der Waals surface area contributed by atoms with Crippen molar-refractivity contribution < 1.29 is 22.9 Å². The molecule has 9 heteroatoms. The Bertz CT molecular complexity index is 1120. The zero-order chi connectivity index (χ0) is 22.7. The van der Waals surface area contributed by atoms with Crippen molar-refractivity contribution in [2.24, 2.45) is 0 Å². The number of carbonyl (C=O) groups is 1. The maximum atomic E-state index is 15.2. The fourth-order valence-corrected chi connectivity index (χ4v) is 4.07. The summed E-state index contributed by atoms with van der Waals surface area (Å²) in [6.07, 6.45) is 1.66. The van der Waals surface area contributed by atoms with E-state index in [1.54, 1.807) is 29.7 Å². The lowest BCUT2D eigenvalue weighted by Crippen LogP contribution is -2.16. The van der Waals surface area contributed by atoms with E-state index in [0.717, 1.165) is 18.1 Å². The summed E-state index contributed by atoms with van der Waals surface area (Å²) in [4.78, 5) is 16.7. The molecule has 0 amide bonds. The van der Waals surface area contributed by atoms with Crippen molar-refractivity contribution in [2.45, 2.75) is 39.2 Å². The van der Waals surface area contributed by atoms with Crippen molar-refractivity contribution in [2.75, 3.05) is 12.9 Å². The van der Waals surface area contributed by atoms with Crippen LogP contribution in [0.3, 0.4) is 0 Å². The van der Waals surface area contributed by atoms with E-state index in [1.807, 2.05) is 0 Å². The topological polar surface area (TPSA) is 63.8 Å². The lowest BCUT2D eigenvalue weighted by Gasteiger charge is -2.14. The van der Waals surface area contributed by atoms with Gasteiger partial charge in [0.05, 0.1) is 30.2 Å². The molecule has 5 nitrogen and oxygen atoms in total. The molecule has 1 unspecified atom stereocenters. The maximum Gasteiger partial charge on any atom is 0.165 e. The van der Waals surface area contributed by atoms with Crippen LogP contribution >= 0.6 is 23.6 Å². The highest BCUT2D eigenvalue weighted by atomic mass is 35.5. The first-order chi connectivity index (χ1) is 14.8. The molecular weight excluding hydrogens is 446 g/mol. The fourth-order valence-electron chi connectivity index (χ4n) is 3.50. The number of nitrogens with zero attached hydrogens (tertiary/aromatic N) is 2. The summed E-state index contributed by atoms with van der Waals surface area (Å²) < 4.78 is 36.9. The Morgan fingerprint density at radius 3 is 2.81 bits per heavy atom. The number of hydrogen-bond acceptors (Lipinski definition) is 5. The number of Topliss-reactive ketones (excluding diaryl/α,β-unsaturated/α-hetero) is 1. The lowest BCUT2D eigenvalue weighted by atomic mass is 9.95. The predicted molar refractivity (Wildman–Crippen MR) is 119 cm³/mol. The number of benzene rings is 1. The molecule has 0 aliphatic heterocycles. The second-order valence-electron chi connectivity index (χ2n) is 7.18. The van der Waals surface area contributed by atoms with Crippen LogP contribution in [-0.4, -0.2) is 39.2 Å². The Morgan fingerprint density at radius 1 is 1.39 bits per heavy atom. The molecule has 1 N–H and O–H groups in total. The Labute approximate surface area is 188 Å². The number of aromatic nitrogens is 2. The van der Waals surface area contributed by atoms with Crippen LogP contribution in [0.5, 0.6) is 0 Å². The summed E-state index contributed by atoms with van der Waals surface area (Å²) in [5.41, 5.74) is 0.847. The van der Waals surface area contributed by atoms with Gasteiger partial charge in [-0.3, -0.25) is 4.79 Å². The van der Waals surface area contributed by atoms with Gasteiger partial charge in [0, 0.05) is 41.4 Å². The number of pyridine rings is 1. The number of ketones is 1. The Balaban J connectivity index is 2.19. The average molecular weight is 469 g/mol. The zero-order valence-corrected chi connectivity index (χ0v) is 19.0. The molecule has 31 heavy (non-hydrogen) atoms. The first-order valence-electron chi connectivity index (χ1n) is 9.80. The number of aliphatic hydroxyl groups is 1. The highest BCUT2D eigenvalue weighted by Gasteiger charge is 2.26. The third-order valence-electron chi connectivity index (χ3n) is 4.96. The minimum absolute atomic E-state index is 0.00374. The molecule has 0 radical (unpaired) electrons. The van der Waals surface area contributed by atoms with Crippen molar-refractivity contribution in [3.8, 4) is 11.3 Å². The number of hydrogen-bond donors (Lipinski definition) is 1. The van der Waals surface area contributed by atoms with Crippen LogP contribution in [0.1, 0.15) is 41.4 Å². The average Bonchev–Trinajstić information content (AvgIpc) is 3.06. The third kappa shape index (κ3) is 4.92. The monoisotopic (exact) mass is 468 g/mol. The van der Waals surface area contributed by atoms with Gasteiger partial charge in [-0.25, -0.2) is 13.8 Å². The van der Waals surface area contributed by atoms with Crippen LogP contribution in [0.15, 0.2) is 24.4 Å². The van der Waals surface area contributed by atoms with Crippen molar-refractivity contribution in [3.63, 3.8) is 0 Å². The fraction of sp³-hybridized carbons (Fsp3) is 0.364. The van der Waals surface area contributed by atoms with Gasteiger partial charge in [0.1, 0.15) is 17.3 Å². The molecule has 0 spiro atoms. The summed E-state index contributed by atoms with van der Waals surface area (Å²) in [6.45, 7) is 3.23. The Morgan fingerprint density at radius 2 is 2.13 bits per heavy atom. The molecule has 0 saturated heterocycles. The molecule has 3 rings (SSSR count). The van der Waals surface area contributed by atoms with Gasteiger partial charge in [-0.2, -0.15) is 0 Å². The summed E-state index contributed by atoms with van der Waals surface area (Å²) in [6, 6.07) is 4.19. The van der Waals surface area contributed by atoms with Gasteiger partial charge in [0.15, 0.2) is 5.78 Å². The maximum absolute atomic E-state index is 15.2. The minimum atomic E-state index is -0.808. The lowest BCUT2D eigenvalue weighted by molar-refractivity contribution is 0.0977. The minimum Gasteiger partial charge on any atom is -0.392 e. The highest BCUT2D eigenvalue weighted by molar-refractivity contribution is 7.94. The predicted octanol–water partition coefficient (Wildman–Crippen LogP) is 5.42. The summed E-state index contributed by atoms with van der Waals surface area (Å²) in [5, 5.41) is 10.9. The molecule has 2 heterocycles. The molecule has 166 valence electrons. The van der Waals surface area contributed by atoms with Crippen molar-refractivity contribution in [1.29, 1.82) is 0 Å². The van der Waals surface area contributed by atoms with Crippen LogP contribution in [0, 0.1) is 18.6 Å². The zero-order valence-electron chi connectivity index (χ0n) is 17.4. The third-order valence-corrected chi connectivity index (χ3v) is 5.95. The molecular formula is C22H23ClF2N2O3S. The van der Waals surface area contributed by atoms with Crippen LogP contribution < -0.4 is 0 Å². The van der Waals surface area contributed by atoms with Crippen LogP contribution in [0.4, 0.5) is 8.78 Å². The largest absolute Gasteiger partial charge is 0.392 e. The smallest absolute Gasteiger partial charge is 0.165 e. The Hall–Kier alpha value is -2.00. The summed E-state index contributed by atoms with van der Waals surface area (Å²) in [5.74, 6) is -1.65. The van der Waals surface area contributed by atoms with Gasteiger partial charge in [-0.1, -0.05) is 18.5 Å². The van der Waals surface area contributed by atoms with E-state index in [4.69, 9.17) is 15.8 Å². The number of rotatable bonds is 9. The molecule has 1 atom stereocenters. The Kier molecular flexibility index (Phi) is 7.69. The van der Waals surface area contributed by atoms with Crippen LogP contribution in [0.25, 0.3) is 16.9 Å². The van der Waals surface area contributed by atoms with Gasteiger partial charge in [0.25, 0.3) is 0 Å². The van der Waals surface area contributed by atoms with E-state index < -0.39 is 23.5 Å². The second kappa shape index (κ2) is 10.1. The molecule has 0 fully saturated rings. The number of imidazole rings is 1. The molecule has 0 aliphatic carbocycles. The van der Waals surface area contributed by atoms with Crippen LogP contribution in [0.2, 0.25) is 5.02 Å². The summed E-state index contributed by atoms with van der Waals surface area (Å²) in [7, 11) is 1.50. The van der Waals surface area contributed by atoms with Gasteiger partial charge in [-0.15, -0.1) is 0 Å². The first kappa shape index (κ1) is 23.7. The number of halogens is 3. The van der Waals surface area contributed by atoms with Gasteiger partial charge < -0.3 is 13.7 Å². The standard InChI is InChI=1S/C22H23ClF2N2O3S/c1-4-5-18(29)15-10-16(24)20(12(2)21(15)25)22-17(9-14(28)11-31-30-3)27-7-6-13(23)8-19(27)26-22/h6-8,10,14,28H,4-5,9,11H2,1-3H3. The molecule has 3 aromatic rings. The van der Waals surface area contributed by atoms with Gasteiger partial charge >= 0.3 is 0 Å². The van der Waals surface area contributed by atoms with Crippen molar-refractivity contribution in [3.05, 3.63) is 57.9 Å². The quantitative estimate of drug-likeness (QED) is 0.335. The van der Waals surface area contributed by atoms with Crippen LogP contribution in [-0.2, 0) is 10.6 Å². The van der Waals surface area contributed by atoms with E-state index in [1.165, 1.54) is 14.0 Å². The number of aliphatic hydroxyl groups excluding tert-OH is 1. The van der Waals surface area contributed by atoms with E-state index in [2.05, 4.69) is 4.98 Å². The van der Waals surface area contributed by atoms with E-state index in [9.17, 15) is 9.90 Å². The van der Waals surface area contributed by atoms with Crippen molar-refractivity contribution in [1.82, 2.24) is 9.38 Å². The van der Waals surface area contributed by atoms with E-state index in [0.29, 0.717) is 22.8 Å². The van der Waals surface area contributed by atoms with Gasteiger partial charge in [-0.05, 0) is 43.1 Å². The first-order valence-corrected chi connectivity index (χ1v) is 11.1. The molecule has 0 saturated carbocycles. The van der Waals surface area contributed by atoms with Gasteiger partial charge in [0.2, 0.25) is 0 Å². The highest BCUT2D eigenvalue weighted by Crippen LogP contribution is 2.34. The van der Waals surface area contributed by atoms with Crippen molar-refractivity contribution >= 4 is 35.1 Å². The molecule has 0 aliphatic rings. The molecule has 2 aromatic heterocycles. The molecule has 0 bridgehead atoms. The SMILES string of the molecule is CCCC(=O)c1cc(F)c(-c2nc3cc(Cl)ccn3c2CC(O)CSOC)c(C)c1F. The summed E-state index contributed by atoms with van der Waals surface area (Å²) >= 11 is 7.17. The molecule has 1 aromatic carbocycles.